The lowest BCUT2D eigenvalue weighted by Gasteiger charge is -2.19. The smallest absolute Gasteiger partial charge is 0.326 e. The third kappa shape index (κ3) is 3.71. The predicted molar refractivity (Wildman–Crippen MR) is 70.4 cm³/mol. The summed E-state index contributed by atoms with van der Waals surface area (Å²) in [7, 11) is 0. The van der Waals surface area contributed by atoms with Crippen LogP contribution < -0.4 is 5.32 Å². The van der Waals surface area contributed by atoms with Crippen molar-refractivity contribution in [2.75, 3.05) is 0 Å². The average Bonchev–Trinajstić information content (AvgIpc) is 2.36. The van der Waals surface area contributed by atoms with Gasteiger partial charge < -0.3 is 5.32 Å². The molecule has 1 N–H and O–H groups in total. The molecule has 1 aliphatic rings. The molecule has 0 spiro atoms. The SMILES string of the molecule is CC1CC(=O)C=C(NC(=O)c2ccccc2C(F)(F)F)C1. The van der Waals surface area contributed by atoms with Gasteiger partial charge in [0, 0.05) is 18.2 Å². The molecule has 0 bridgehead atoms. The van der Waals surface area contributed by atoms with E-state index < -0.39 is 23.2 Å². The van der Waals surface area contributed by atoms with E-state index in [0.29, 0.717) is 18.5 Å². The molecule has 112 valence electrons. The average molecular weight is 297 g/mol. The van der Waals surface area contributed by atoms with Crippen LogP contribution in [-0.2, 0) is 11.0 Å². The Morgan fingerprint density at radius 1 is 1.24 bits per heavy atom. The van der Waals surface area contributed by atoms with Crippen molar-refractivity contribution in [2.24, 2.45) is 5.92 Å². The fourth-order valence-electron chi connectivity index (χ4n) is 2.33. The van der Waals surface area contributed by atoms with E-state index >= 15 is 0 Å². The van der Waals surface area contributed by atoms with E-state index in [9.17, 15) is 22.8 Å². The molecule has 2 rings (SSSR count). The summed E-state index contributed by atoms with van der Waals surface area (Å²) in [4.78, 5) is 23.5. The number of carbonyl (C=O) groups is 2. The normalized spacial score (nSPS) is 19.1. The molecule has 3 nitrogen and oxygen atoms in total. The Morgan fingerprint density at radius 3 is 2.52 bits per heavy atom. The fourth-order valence-corrected chi connectivity index (χ4v) is 2.33. The summed E-state index contributed by atoms with van der Waals surface area (Å²) in [5.41, 5.74) is -1.07. The zero-order chi connectivity index (χ0) is 15.6. The molecular weight excluding hydrogens is 283 g/mol. The molecule has 1 aromatic carbocycles. The maximum Gasteiger partial charge on any atom is 0.417 e. The molecule has 0 saturated carbocycles. The molecule has 1 unspecified atom stereocenters. The Kier molecular flexibility index (Phi) is 4.16. The maximum atomic E-state index is 12.9. The van der Waals surface area contributed by atoms with Gasteiger partial charge in [-0.05, 0) is 24.5 Å². The third-order valence-electron chi connectivity index (χ3n) is 3.20. The quantitative estimate of drug-likeness (QED) is 0.910. The van der Waals surface area contributed by atoms with Crippen LogP contribution in [0.15, 0.2) is 36.0 Å². The molecule has 1 aromatic rings. The molecule has 0 aliphatic heterocycles. The van der Waals surface area contributed by atoms with E-state index in [1.165, 1.54) is 18.2 Å². The Balaban J connectivity index is 2.24. The van der Waals surface area contributed by atoms with Gasteiger partial charge in [0.15, 0.2) is 5.78 Å². The topological polar surface area (TPSA) is 46.2 Å². The Bertz CT molecular complexity index is 605. The molecule has 1 amide bonds. The van der Waals surface area contributed by atoms with Crippen molar-refractivity contribution in [3.05, 3.63) is 47.2 Å². The first-order valence-corrected chi connectivity index (χ1v) is 6.48. The molecule has 1 atom stereocenters. The summed E-state index contributed by atoms with van der Waals surface area (Å²) in [5.74, 6) is -0.917. The summed E-state index contributed by atoms with van der Waals surface area (Å²) in [6, 6.07) is 4.57. The first kappa shape index (κ1) is 15.3. The summed E-state index contributed by atoms with van der Waals surface area (Å²) in [5, 5.41) is 2.41. The minimum absolute atomic E-state index is 0.0654. The summed E-state index contributed by atoms with van der Waals surface area (Å²) in [6.07, 6.45) is -2.46. The van der Waals surface area contributed by atoms with Crippen molar-refractivity contribution in [1.29, 1.82) is 0 Å². The molecule has 6 heteroatoms. The highest BCUT2D eigenvalue weighted by Crippen LogP contribution is 2.32. The highest BCUT2D eigenvalue weighted by Gasteiger charge is 2.35. The minimum atomic E-state index is -4.60. The second kappa shape index (κ2) is 5.71. The van der Waals surface area contributed by atoms with Crippen LogP contribution in [0.25, 0.3) is 0 Å². The number of benzene rings is 1. The number of hydrogen-bond acceptors (Lipinski definition) is 2. The Labute approximate surface area is 119 Å². The van der Waals surface area contributed by atoms with Crippen molar-refractivity contribution in [1.82, 2.24) is 5.32 Å². The van der Waals surface area contributed by atoms with Crippen LogP contribution in [0.5, 0.6) is 0 Å². The van der Waals surface area contributed by atoms with Crippen molar-refractivity contribution >= 4 is 11.7 Å². The Hall–Kier alpha value is -2.11. The van der Waals surface area contributed by atoms with E-state index in [0.717, 1.165) is 12.1 Å². The molecule has 0 heterocycles. The highest BCUT2D eigenvalue weighted by atomic mass is 19.4. The van der Waals surface area contributed by atoms with Gasteiger partial charge in [0.1, 0.15) is 0 Å². The van der Waals surface area contributed by atoms with E-state index in [-0.39, 0.29) is 11.7 Å². The monoisotopic (exact) mass is 297 g/mol. The summed E-state index contributed by atoms with van der Waals surface area (Å²) >= 11 is 0. The minimum Gasteiger partial charge on any atom is -0.326 e. The maximum absolute atomic E-state index is 12.9. The fraction of sp³-hybridized carbons (Fsp3) is 0.333. The number of rotatable bonds is 2. The van der Waals surface area contributed by atoms with Gasteiger partial charge in [0.2, 0.25) is 0 Å². The van der Waals surface area contributed by atoms with Crippen LogP contribution in [0.3, 0.4) is 0 Å². The lowest BCUT2D eigenvalue weighted by atomic mass is 9.93. The summed E-state index contributed by atoms with van der Waals surface area (Å²) < 4.78 is 38.6. The molecule has 0 radical (unpaired) electrons. The summed E-state index contributed by atoms with van der Waals surface area (Å²) in [6.45, 7) is 1.85. The second-order valence-corrected chi connectivity index (χ2v) is 5.15. The zero-order valence-electron chi connectivity index (χ0n) is 11.3. The lowest BCUT2D eigenvalue weighted by molar-refractivity contribution is -0.138. The van der Waals surface area contributed by atoms with Gasteiger partial charge >= 0.3 is 6.18 Å². The molecule has 0 saturated heterocycles. The van der Waals surface area contributed by atoms with Crippen LogP contribution in [0.4, 0.5) is 13.2 Å². The molecule has 0 fully saturated rings. The van der Waals surface area contributed by atoms with Gasteiger partial charge in [0.25, 0.3) is 5.91 Å². The molecule has 0 aromatic heterocycles. The zero-order valence-corrected chi connectivity index (χ0v) is 11.3. The van der Waals surface area contributed by atoms with Gasteiger partial charge in [-0.3, -0.25) is 9.59 Å². The lowest BCUT2D eigenvalue weighted by Crippen LogP contribution is -2.29. The van der Waals surface area contributed by atoms with E-state index in [4.69, 9.17) is 0 Å². The number of halogens is 3. The van der Waals surface area contributed by atoms with E-state index in [1.807, 2.05) is 6.92 Å². The van der Waals surface area contributed by atoms with Crippen molar-refractivity contribution in [3.8, 4) is 0 Å². The van der Waals surface area contributed by atoms with Crippen LogP contribution in [-0.4, -0.2) is 11.7 Å². The number of ketones is 1. The van der Waals surface area contributed by atoms with Gasteiger partial charge in [0.05, 0.1) is 11.1 Å². The standard InChI is InChI=1S/C15H14F3NO2/c1-9-6-10(8-11(20)7-9)19-14(21)12-4-2-3-5-13(12)15(16,17)18/h2-5,8-9H,6-7H2,1H3,(H,19,21). The van der Waals surface area contributed by atoms with Crippen molar-refractivity contribution in [2.45, 2.75) is 25.9 Å². The third-order valence-corrected chi connectivity index (χ3v) is 3.20. The van der Waals surface area contributed by atoms with Gasteiger partial charge in [-0.15, -0.1) is 0 Å². The largest absolute Gasteiger partial charge is 0.417 e. The molecular formula is C15H14F3NO2. The van der Waals surface area contributed by atoms with Crippen molar-refractivity contribution in [3.63, 3.8) is 0 Å². The van der Waals surface area contributed by atoms with Crippen LogP contribution >= 0.6 is 0 Å². The number of alkyl halides is 3. The van der Waals surface area contributed by atoms with Gasteiger partial charge in [-0.2, -0.15) is 13.2 Å². The Morgan fingerprint density at radius 2 is 1.90 bits per heavy atom. The van der Waals surface area contributed by atoms with Crippen LogP contribution in [0.1, 0.15) is 35.7 Å². The highest BCUT2D eigenvalue weighted by molar-refractivity contribution is 5.98. The van der Waals surface area contributed by atoms with Crippen LogP contribution in [0.2, 0.25) is 0 Å². The number of hydrogen-bond donors (Lipinski definition) is 1. The van der Waals surface area contributed by atoms with Gasteiger partial charge in [-0.1, -0.05) is 19.1 Å². The van der Waals surface area contributed by atoms with E-state index in [1.54, 1.807) is 0 Å². The van der Waals surface area contributed by atoms with E-state index in [2.05, 4.69) is 5.32 Å². The number of carbonyl (C=O) groups excluding carboxylic acids is 2. The van der Waals surface area contributed by atoms with Crippen molar-refractivity contribution < 1.29 is 22.8 Å². The second-order valence-electron chi connectivity index (χ2n) is 5.15. The molecule has 21 heavy (non-hydrogen) atoms. The number of nitrogens with one attached hydrogen (secondary N) is 1. The van der Waals surface area contributed by atoms with Gasteiger partial charge in [-0.25, -0.2) is 0 Å². The first-order valence-electron chi connectivity index (χ1n) is 6.48. The molecule has 1 aliphatic carbocycles. The number of amides is 1. The number of allylic oxidation sites excluding steroid dienone is 2. The predicted octanol–water partition coefficient (Wildman–Crippen LogP) is 3.32. The first-order chi connectivity index (χ1) is 9.77. The van der Waals surface area contributed by atoms with Crippen LogP contribution in [0, 0.1) is 5.92 Å².